The second-order valence-corrected chi connectivity index (χ2v) is 4.09. The van der Waals surface area contributed by atoms with Gasteiger partial charge in [-0.05, 0) is 12.1 Å². The van der Waals surface area contributed by atoms with Crippen LogP contribution >= 0.6 is 0 Å². The van der Waals surface area contributed by atoms with Gasteiger partial charge in [-0.15, -0.1) is 0 Å². The molecule has 19 heavy (non-hydrogen) atoms. The number of halogens is 3. The number of rotatable bonds is 2. The van der Waals surface area contributed by atoms with Gasteiger partial charge in [0.25, 0.3) is 0 Å². The van der Waals surface area contributed by atoms with E-state index in [0.29, 0.717) is 0 Å². The smallest absolute Gasteiger partial charge is 0.366 e. The number of hydrogen-bond donors (Lipinski definition) is 2. The summed E-state index contributed by atoms with van der Waals surface area (Å²) in [5, 5.41) is 2.83. The van der Waals surface area contributed by atoms with Gasteiger partial charge >= 0.3 is 6.18 Å². The van der Waals surface area contributed by atoms with E-state index in [1.165, 1.54) is 29.3 Å². The molecule has 4 nitrogen and oxygen atoms in total. The molecular formula is C12H12F3N3O. The normalized spacial score (nSPS) is 16.2. The van der Waals surface area contributed by atoms with Gasteiger partial charge < -0.3 is 10.6 Å². The SMILES string of the molecule is NC(=O)C1=CN(c2ccccc2C(F)(F)F)CNC1. The number of benzene rings is 1. The molecule has 0 unspecified atom stereocenters. The van der Waals surface area contributed by atoms with Gasteiger partial charge in [0.15, 0.2) is 0 Å². The van der Waals surface area contributed by atoms with Gasteiger partial charge in [-0.1, -0.05) is 12.1 Å². The lowest BCUT2D eigenvalue weighted by atomic mass is 10.1. The van der Waals surface area contributed by atoms with Gasteiger partial charge in [0, 0.05) is 18.3 Å². The Hall–Kier alpha value is -2.02. The minimum atomic E-state index is -4.45. The summed E-state index contributed by atoms with van der Waals surface area (Å²) in [6.45, 7) is 0.434. The number of nitrogens with one attached hydrogen (secondary N) is 1. The second kappa shape index (κ2) is 4.93. The van der Waals surface area contributed by atoms with Crippen molar-refractivity contribution in [1.29, 1.82) is 0 Å². The monoisotopic (exact) mass is 271 g/mol. The van der Waals surface area contributed by atoms with Crippen molar-refractivity contribution in [2.75, 3.05) is 18.1 Å². The van der Waals surface area contributed by atoms with Crippen LogP contribution in [0.3, 0.4) is 0 Å². The molecule has 1 aromatic carbocycles. The van der Waals surface area contributed by atoms with Crippen LogP contribution in [0.4, 0.5) is 18.9 Å². The Balaban J connectivity index is 2.42. The number of carbonyl (C=O) groups is 1. The van der Waals surface area contributed by atoms with Crippen LogP contribution in [0.1, 0.15) is 5.56 Å². The maximum absolute atomic E-state index is 12.9. The summed E-state index contributed by atoms with van der Waals surface area (Å²) in [6, 6.07) is 5.19. The Bertz CT molecular complexity index is 525. The molecule has 0 atom stereocenters. The molecule has 0 fully saturated rings. The first kappa shape index (κ1) is 13.4. The largest absolute Gasteiger partial charge is 0.418 e. The third-order valence-electron chi connectivity index (χ3n) is 2.74. The van der Waals surface area contributed by atoms with Gasteiger partial charge in [-0.3, -0.25) is 10.1 Å². The quantitative estimate of drug-likeness (QED) is 0.855. The predicted octanol–water partition coefficient (Wildman–Crippen LogP) is 1.44. The highest BCUT2D eigenvalue weighted by molar-refractivity contribution is 5.93. The molecule has 0 bridgehead atoms. The Labute approximate surface area is 107 Å². The fraction of sp³-hybridized carbons (Fsp3) is 0.250. The average Bonchev–Trinajstić information content (AvgIpc) is 2.38. The van der Waals surface area contributed by atoms with Crippen molar-refractivity contribution in [3.8, 4) is 0 Å². The van der Waals surface area contributed by atoms with Crippen molar-refractivity contribution in [3.63, 3.8) is 0 Å². The molecule has 1 amide bonds. The maximum atomic E-state index is 12.9. The number of carbonyl (C=O) groups excluding carboxylic acids is 1. The van der Waals surface area contributed by atoms with Crippen LogP contribution in [0.5, 0.6) is 0 Å². The number of anilines is 1. The fourth-order valence-corrected chi connectivity index (χ4v) is 1.86. The van der Waals surface area contributed by atoms with Gasteiger partial charge in [0.1, 0.15) is 0 Å². The van der Waals surface area contributed by atoms with E-state index >= 15 is 0 Å². The highest BCUT2D eigenvalue weighted by Gasteiger charge is 2.34. The molecule has 1 aliphatic heterocycles. The first-order chi connectivity index (χ1) is 8.89. The fourth-order valence-electron chi connectivity index (χ4n) is 1.86. The number of nitrogens with zero attached hydrogens (tertiary/aromatic N) is 1. The van der Waals surface area contributed by atoms with E-state index in [0.717, 1.165) is 6.07 Å². The Morgan fingerprint density at radius 1 is 1.32 bits per heavy atom. The molecule has 0 aromatic heterocycles. The molecule has 0 spiro atoms. The number of primary amides is 1. The van der Waals surface area contributed by atoms with Crippen molar-refractivity contribution >= 4 is 11.6 Å². The summed E-state index contributed by atoms with van der Waals surface area (Å²) in [7, 11) is 0. The minimum absolute atomic E-state index is 0.0130. The molecule has 0 saturated heterocycles. The first-order valence-corrected chi connectivity index (χ1v) is 5.53. The average molecular weight is 271 g/mol. The predicted molar refractivity (Wildman–Crippen MR) is 64.1 cm³/mol. The molecule has 2 rings (SSSR count). The zero-order valence-corrected chi connectivity index (χ0v) is 9.87. The lowest BCUT2D eigenvalue weighted by Crippen LogP contribution is -2.40. The van der Waals surface area contributed by atoms with E-state index in [4.69, 9.17) is 5.73 Å². The molecule has 0 aliphatic carbocycles. The van der Waals surface area contributed by atoms with Crippen LogP contribution in [0.25, 0.3) is 0 Å². The lowest BCUT2D eigenvalue weighted by Gasteiger charge is -2.28. The molecule has 1 aromatic rings. The Morgan fingerprint density at radius 3 is 2.63 bits per heavy atom. The molecule has 102 valence electrons. The summed E-state index contributed by atoms with van der Waals surface area (Å²) in [4.78, 5) is 12.4. The lowest BCUT2D eigenvalue weighted by molar-refractivity contribution is -0.137. The van der Waals surface area contributed by atoms with E-state index in [1.807, 2.05) is 0 Å². The zero-order valence-electron chi connectivity index (χ0n) is 9.87. The topological polar surface area (TPSA) is 58.4 Å². The van der Waals surface area contributed by atoms with Gasteiger partial charge in [0.05, 0.1) is 17.9 Å². The number of hydrogen-bond acceptors (Lipinski definition) is 3. The van der Waals surface area contributed by atoms with Crippen LogP contribution in [-0.4, -0.2) is 19.1 Å². The van der Waals surface area contributed by atoms with Gasteiger partial charge in [-0.2, -0.15) is 13.2 Å². The third-order valence-corrected chi connectivity index (χ3v) is 2.74. The second-order valence-electron chi connectivity index (χ2n) is 4.09. The molecule has 0 saturated carbocycles. The van der Waals surface area contributed by atoms with Crippen molar-refractivity contribution in [1.82, 2.24) is 5.32 Å². The number of nitrogens with two attached hydrogens (primary N) is 1. The molecule has 7 heteroatoms. The standard InChI is InChI=1S/C12H12F3N3O/c13-12(14,15)9-3-1-2-4-10(9)18-6-8(11(16)19)5-17-7-18/h1-4,6,17H,5,7H2,(H2,16,19). The summed E-state index contributed by atoms with van der Waals surface area (Å²) < 4.78 is 38.7. The number of amides is 1. The van der Waals surface area contributed by atoms with Crippen molar-refractivity contribution in [2.45, 2.75) is 6.18 Å². The zero-order chi connectivity index (χ0) is 14.0. The molecule has 0 radical (unpaired) electrons. The van der Waals surface area contributed by atoms with E-state index in [-0.39, 0.29) is 24.5 Å². The molecule has 1 heterocycles. The highest BCUT2D eigenvalue weighted by Crippen LogP contribution is 2.36. The summed E-state index contributed by atoms with van der Waals surface area (Å²) >= 11 is 0. The van der Waals surface area contributed by atoms with Gasteiger partial charge in [0.2, 0.25) is 5.91 Å². The number of para-hydroxylation sites is 1. The van der Waals surface area contributed by atoms with E-state index in [9.17, 15) is 18.0 Å². The highest BCUT2D eigenvalue weighted by atomic mass is 19.4. The van der Waals surface area contributed by atoms with Crippen LogP contribution in [0.15, 0.2) is 36.0 Å². The minimum Gasteiger partial charge on any atom is -0.366 e. The molecule has 3 N–H and O–H groups in total. The maximum Gasteiger partial charge on any atom is 0.418 e. The molecular weight excluding hydrogens is 259 g/mol. The summed E-state index contributed by atoms with van der Waals surface area (Å²) in [6.07, 6.45) is -3.10. The van der Waals surface area contributed by atoms with E-state index in [1.54, 1.807) is 0 Å². The van der Waals surface area contributed by atoms with E-state index in [2.05, 4.69) is 5.32 Å². The van der Waals surface area contributed by atoms with E-state index < -0.39 is 17.6 Å². The Morgan fingerprint density at radius 2 is 2.00 bits per heavy atom. The van der Waals surface area contributed by atoms with Crippen LogP contribution < -0.4 is 16.0 Å². The van der Waals surface area contributed by atoms with Crippen molar-refractivity contribution in [2.24, 2.45) is 5.73 Å². The number of alkyl halides is 3. The third kappa shape index (κ3) is 2.87. The van der Waals surface area contributed by atoms with Crippen molar-refractivity contribution in [3.05, 3.63) is 41.6 Å². The Kier molecular flexibility index (Phi) is 3.48. The van der Waals surface area contributed by atoms with Crippen LogP contribution in [0.2, 0.25) is 0 Å². The van der Waals surface area contributed by atoms with Crippen LogP contribution in [0, 0.1) is 0 Å². The molecule has 1 aliphatic rings. The first-order valence-electron chi connectivity index (χ1n) is 5.53. The summed E-state index contributed by atoms with van der Waals surface area (Å²) in [5.41, 5.74) is 4.61. The van der Waals surface area contributed by atoms with Gasteiger partial charge in [-0.25, -0.2) is 0 Å². The van der Waals surface area contributed by atoms with Crippen molar-refractivity contribution < 1.29 is 18.0 Å². The summed E-state index contributed by atoms with van der Waals surface area (Å²) in [5.74, 6) is -0.651. The van der Waals surface area contributed by atoms with Crippen LogP contribution in [-0.2, 0) is 11.0 Å².